The van der Waals surface area contributed by atoms with Gasteiger partial charge >= 0.3 is 5.97 Å². The highest BCUT2D eigenvalue weighted by molar-refractivity contribution is 5.71. The third-order valence-corrected chi connectivity index (χ3v) is 2.50. The smallest absolute Gasteiger partial charge is 0.309 e. The van der Waals surface area contributed by atoms with E-state index in [0.717, 1.165) is 19.6 Å². The normalized spacial score (nSPS) is 17.7. The Morgan fingerprint density at radius 3 is 2.73 bits per heavy atom. The first-order chi connectivity index (χ1) is 7.24. The lowest BCUT2D eigenvalue weighted by Gasteiger charge is -2.36. The van der Waals surface area contributed by atoms with Crippen molar-refractivity contribution in [2.75, 3.05) is 46.6 Å². The zero-order valence-electron chi connectivity index (χ0n) is 9.15. The van der Waals surface area contributed by atoms with Crippen molar-refractivity contribution in [2.45, 2.75) is 6.42 Å². The summed E-state index contributed by atoms with van der Waals surface area (Å²) in [5.74, 6) is -0.856. The summed E-state index contributed by atoms with van der Waals surface area (Å²) >= 11 is 0. The largest absolute Gasteiger partial charge is 0.481 e. The number of likely N-dealkylation sites (tertiary alicyclic amines) is 1. The molecule has 0 spiro atoms. The lowest BCUT2D eigenvalue weighted by Crippen LogP contribution is -2.51. The number of hydrogen-bond donors (Lipinski definition) is 1. The van der Waals surface area contributed by atoms with Crippen molar-refractivity contribution in [3.05, 3.63) is 0 Å². The van der Waals surface area contributed by atoms with Gasteiger partial charge in [-0.2, -0.15) is 0 Å². The van der Waals surface area contributed by atoms with E-state index in [1.807, 2.05) is 0 Å². The van der Waals surface area contributed by atoms with E-state index >= 15 is 0 Å². The van der Waals surface area contributed by atoms with Crippen molar-refractivity contribution in [3.63, 3.8) is 0 Å². The molecule has 1 saturated heterocycles. The molecule has 0 bridgehead atoms. The fraction of sp³-hybridized carbons (Fsp3) is 0.900. The molecule has 15 heavy (non-hydrogen) atoms. The zero-order chi connectivity index (χ0) is 11.1. The average molecular weight is 217 g/mol. The van der Waals surface area contributed by atoms with Crippen LogP contribution in [0.15, 0.2) is 0 Å². The minimum atomic E-state index is -0.688. The Balaban J connectivity index is 1.84. The molecule has 1 rings (SSSR count). The standard InChI is InChI=1S/C10H19NO4/c1-14-4-2-5-15-6-3-11-7-9(8-11)10(12)13/h9H,2-8H2,1H3,(H,12,13). The van der Waals surface area contributed by atoms with Crippen molar-refractivity contribution >= 4 is 5.97 Å². The molecule has 0 aliphatic carbocycles. The van der Waals surface area contributed by atoms with Gasteiger partial charge < -0.3 is 14.6 Å². The van der Waals surface area contributed by atoms with E-state index in [2.05, 4.69) is 4.90 Å². The van der Waals surface area contributed by atoms with Crippen molar-refractivity contribution < 1.29 is 19.4 Å². The topological polar surface area (TPSA) is 59.0 Å². The lowest BCUT2D eigenvalue weighted by atomic mass is 10.0. The summed E-state index contributed by atoms with van der Waals surface area (Å²) in [5.41, 5.74) is 0. The quantitative estimate of drug-likeness (QED) is 0.582. The summed E-state index contributed by atoms with van der Waals surface area (Å²) < 4.78 is 10.3. The van der Waals surface area contributed by atoms with Crippen LogP contribution in [0.25, 0.3) is 0 Å². The molecule has 1 heterocycles. The summed E-state index contributed by atoms with van der Waals surface area (Å²) in [7, 11) is 1.67. The van der Waals surface area contributed by atoms with Crippen LogP contribution in [0, 0.1) is 5.92 Å². The number of methoxy groups -OCH3 is 1. The van der Waals surface area contributed by atoms with E-state index in [1.54, 1.807) is 7.11 Å². The number of nitrogens with zero attached hydrogens (tertiary/aromatic N) is 1. The van der Waals surface area contributed by atoms with Gasteiger partial charge in [-0.3, -0.25) is 9.69 Å². The Hall–Kier alpha value is -0.650. The molecular formula is C10H19NO4. The van der Waals surface area contributed by atoms with E-state index in [0.29, 0.717) is 26.3 Å². The molecule has 0 unspecified atom stereocenters. The molecule has 5 heteroatoms. The predicted octanol–water partition coefficient (Wildman–Crippen LogP) is 0.0559. The highest BCUT2D eigenvalue weighted by atomic mass is 16.5. The van der Waals surface area contributed by atoms with E-state index in [4.69, 9.17) is 14.6 Å². The van der Waals surface area contributed by atoms with Gasteiger partial charge in [-0.05, 0) is 6.42 Å². The first kappa shape index (κ1) is 12.4. The first-order valence-corrected chi connectivity index (χ1v) is 5.26. The summed E-state index contributed by atoms with van der Waals surface area (Å²) in [4.78, 5) is 12.6. The fourth-order valence-electron chi connectivity index (χ4n) is 1.51. The van der Waals surface area contributed by atoms with Crippen LogP contribution in [-0.2, 0) is 14.3 Å². The van der Waals surface area contributed by atoms with E-state index in [9.17, 15) is 4.79 Å². The van der Waals surface area contributed by atoms with Gasteiger partial charge in [0, 0.05) is 40.0 Å². The van der Waals surface area contributed by atoms with Crippen LogP contribution in [0.3, 0.4) is 0 Å². The van der Waals surface area contributed by atoms with Crippen LogP contribution in [0.4, 0.5) is 0 Å². The maximum atomic E-state index is 10.5. The van der Waals surface area contributed by atoms with Gasteiger partial charge in [-0.1, -0.05) is 0 Å². The summed E-state index contributed by atoms with van der Waals surface area (Å²) in [5, 5.41) is 8.65. The summed E-state index contributed by atoms with van der Waals surface area (Å²) in [6.45, 7) is 4.27. The number of hydrogen-bond acceptors (Lipinski definition) is 4. The third-order valence-electron chi connectivity index (χ3n) is 2.50. The molecule has 1 fully saturated rings. The highest BCUT2D eigenvalue weighted by Gasteiger charge is 2.31. The Labute approximate surface area is 90.0 Å². The van der Waals surface area contributed by atoms with E-state index < -0.39 is 5.97 Å². The van der Waals surface area contributed by atoms with Gasteiger partial charge in [0.15, 0.2) is 0 Å². The summed E-state index contributed by atoms with van der Waals surface area (Å²) in [6.07, 6.45) is 0.911. The second-order valence-electron chi connectivity index (χ2n) is 3.75. The van der Waals surface area contributed by atoms with Crippen LogP contribution >= 0.6 is 0 Å². The predicted molar refractivity (Wildman–Crippen MR) is 54.9 cm³/mol. The Bertz CT molecular complexity index is 192. The molecule has 0 radical (unpaired) electrons. The van der Waals surface area contributed by atoms with Crippen LogP contribution in [0.1, 0.15) is 6.42 Å². The van der Waals surface area contributed by atoms with Crippen LogP contribution in [0.2, 0.25) is 0 Å². The molecule has 0 saturated carbocycles. The van der Waals surface area contributed by atoms with Crippen LogP contribution in [0.5, 0.6) is 0 Å². The molecule has 5 nitrogen and oxygen atoms in total. The lowest BCUT2D eigenvalue weighted by molar-refractivity contribution is -0.147. The Kier molecular flexibility index (Phi) is 5.60. The monoisotopic (exact) mass is 217 g/mol. The molecule has 88 valence electrons. The van der Waals surface area contributed by atoms with E-state index in [-0.39, 0.29) is 5.92 Å². The maximum Gasteiger partial charge on any atom is 0.309 e. The molecule has 0 aromatic rings. The van der Waals surface area contributed by atoms with Crippen LogP contribution < -0.4 is 0 Å². The Morgan fingerprint density at radius 2 is 2.13 bits per heavy atom. The maximum absolute atomic E-state index is 10.5. The van der Waals surface area contributed by atoms with E-state index in [1.165, 1.54) is 0 Å². The number of ether oxygens (including phenoxy) is 2. The van der Waals surface area contributed by atoms with Gasteiger partial charge in [0.1, 0.15) is 0 Å². The SMILES string of the molecule is COCCCOCCN1CC(C(=O)O)C1. The number of carboxylic acid groups (broad SMARTS) is 1. The molecule has 0 amide bonds. The molecule has 1 N–H and O–H groups in total. The van der Waals surface area contributed by atoms with Crippen molar-refractivity contribution in [2.24, 2.45) is 5.92 Å². The minimum absolute atomic E-state index is 0.168. The van der Waals surface area contributed by atoms with Crippen LogP contribution in [-0.4, -0.2) is 62.5 Å². The average Bonchev–Trinajstić information content (AvgIpc) is 2.12. The van der Waals surface area contributed by atoms with Gasteiger partial charge in [0.2, 0.25) is 0 Å². The molecule has 1 aliphatic heterocycles. The van der Waals surface area contributed by atoms with Gasteiger partial charge in [0.25, 0.3) is 0 Å². The van der Waals surface area contributed by atoms with Gasteiger partial charge in [-0.15, -0.1) is 0 Å². The van der Waals surface area contributed by atoms with Gasteiger partial charge in [0.05, 0.1) is 12.5 Å². The van der Waals surface area contributed by atoms with Crippen molar-refractivity contribution in [1.82, 2.24) is 4.90 Å². The number of aliphatic carboxylic acids is 1. The first-order valence-electron chi connectivity index (χ1n) is 5.26. The van der Waals surface area contributed by atoms with Gasteiger partial charge in [-0.25, -0.2) is 0 Å². The third kappa shape index (κ3) is 4.59. The highest BCUT2D eigenvalue weighted by Crippen LogP contribution is 2.14. The fourth-order valence-corrected chi connectivity index (χ4v) is 1.51. The molecule has 0 atom stereocenters. The van der Waals surface area contributed by atoms with Crippen molar-refractivity contribution in [3.8, 4) is 0 Å². The Morgan fingerprint density at radius 1 is 1.40 bits per heavy atom. The number of rotatable bonds is 8. The molecule has 0 aromatic heterocycles. The second-order valence-corrected chi connectivity index (χ2v) is 3.75. The number of carboxylic acids is 1. The minimum Gasteiger partial charge on any atom is -0.481 e. The second kappa shape index (κ2) is 6.76. The van der Waals surface area contributed by atoms with Crippen molar-refractivity contribution in [1.29, 1.82) is 0 Å². The summed E-state index contributed by atoms with van der Waals surface area (Å²) in [6, 6.07) is 0. The molecule has 0 aromatic carbocycles. The molecular weight excluding hydrogens is 198 g/mol. The number of carbonyl (C=O) groups is 1. The zero-order valence-corrected chi connectivity index (χ0v) is 9.15. The molecule has 1 aliphatic rings.